The highest BCUT2D eigenvalue weighted by molar-refractivity contribution is 6.14. The first-order chi connectivity index (χ1) is 5.91. The molecule has 0 aromatic carbocycles. The summed E-state index contributed by atoms with van der Waals surface area (Å²) in [5.41, 5.74) is 0.985. The van der Waals surface area contributed by atoms with E-state index in [1.54, 1.807) is 0 Å². The van der Waals surface area contributed by atoms with E-state index in [1.807, 2.05) is 0 Å². The maximum absolute atomic E-state index is 2.42. The smallest absolute Gasteiger partial charge is 0.00994 e. The molecule has 86 valence electrons. The summed E-state index contributed by atoms with van der Waals surface area (Å²) in [4.78, 5) is 0. The minimum Gasteiger partial charge on any atom is -0.0632 e. The quantitative estimate of drug-likeness (QED) is 0.625. The third-order valence-corrected chi connectivity index (χ3v) is 3.06. The molecule has 0 nitrogen and oxygen atoms in total. The summed E-state index contributed by atoms with van der Waals surface area (Å²) in [6, 6.07) is 0. The maximum atomic E-state index is 2.42. The van der Waals surface area contributed by atoms with Crippen LogP contribution in [0.4, 0.5) is 0 Å². The van der Waals surface area contributed by atoms with Crippen molar-refractivity contribution in [3.05, 3.63) is 0 Å². The van der Waals surface area contributed by atoms with Crippen molar-refractivity contribution < 1.29 is 0 Å². The first-order valence-corrected chi connectivity index (χ1v) is 6.91. The lowest BCUT2D eigenvalue weighted by molar-refractivity contribution is 0.190. The van der Waals surface area contributed by atoms with E-state index in [-0.39, 0.29) is 0 Å². The monoisotopic (exact) mass is 214 g/mol. The number of hydrogen-bond donors (Lipinski definition) is 0. The minimum absolute atomic E-state index is 0.471. The number of hydrogen-bond acceptors (Lipinski definition) is 0. The Morgan fingerprint density at radius 2 is 1.21 bits per heavy atom. The molecule has 0 aliphatic carbocycles. The summed E-state index contributed by atoms with van der Waals surface area (Å²) in [7, 11) is 1.31. The molecule has 0 aromatic rings. The van der Waals surface area contributed by atoms with Crippen molar-refractivity contribution in [3.8, 4) is 0 Å². The van der Waals surface area contributed by atoms with Gasteiger partial charge in [0.15, 0.2) is 0 Å². The van der Waals surface area contributed by atoms with Gasteiger partial charge in [0, 0.05) is 10.2 Å². The fraction of sp³-hybridized carbons (Fsp3) is 1.00. The predicted molar refractivity (Wildman–Crippen MR) is 71.1 cm³/mol. The molecule has 0 fully saturated rings. The van der Waals surface area contributed by atoms with Gasteiger partial charge in [0.2, 0.25) is 0 Å². The average Bonchev–Trinajstić information content (AvgIpc) is 1.76. The van der Waals surface area contributed by atoms with Gasteiger partial charge in [-0.05, 0) is 28.7 Å². The lowest BCUT2D eigenvalue weighted by Crippen LogP contribution is -2.22. The Balaban J connectivity index is 4.09. The second-order valence-electron chi connectivity index (χ2n) is 7.96. The summed E-state index contributed by atoms with van der Waals surface area (Å²) in [6.07, 6.45) is 4.10. The molecule has 0 spiro atoms. The summed E-state index contributed by atoms with van der Waals surface area (Å²) in [6.45, 7) is 16.7. The van der Waals surface area contributed by atoms with Gasteiger partial charge in [0.05, 0.1) is 0 Å². The predicted octanol–water partition coefficient (Wildman–Crippen LogP) is 3.79. The molecule has 0 heterocycles. The van der Waals surface area contributed by atoms with Crippen LogP contribution in [0.25, 0.3) is 0 Å². The molecule has 0 amide bonds. The van der Waals surface area contributed by atoms with Gasteiger partial charge in [-0.15, -0.1) is 0 Å². The third-order valence-electron chi connectivity index (χ3n) is 2.56. The third kappa shape index (κ3) is 8.80. The lowest BCUT2D eigenvalue weighted by Gasteiger charge is -2.34. The van der Waals surface area contributed by atoms with Crippen molar-refractivity contribution in [2.75, 3.05) is 0 Å². The lowest BCUT2D eigenvalue weighted by atomic mass is 9.73. The van der Waals surface area contributed by atoms with Gasteiger partial charge in [0.1, 0.15) is 0 Å². The van der Waals surface area contributed by atoms with Gasteiger partial charge >= 0.3 is 0 Å². The van der Waals surface area contributed by atoms with E-state index in [0.717, 1.165) is 0 Å². The van der Waals surface area contributed by atoms with Crippen molar-refractivity contribution >= 4 is 10.2 Å². The zero-order chi connectivity index (χ0) is 11.6. The highest BCUT2D eigenvalue weighted by Crippen LogP contribution is 2.40. The molecule has 0 rings (SSSR count). The topological polar surface area (TPSA) is 0 Å². The largest absolute Gasteiger partial charge is 0.0632 e. The van der Waals surface area contributed by atoms with E-state index in [1.165, 1.54) is 29.5 Å². The van der Waals surface area contributed by atoms with Crippen LogP contribution in [0.2, 0.25) is 5.04 Å². The Morgan fingerprint density at radius 1 is 0.786 bits per heavy atom. The van der Waals surface area contributed by atoms with Crippen LogP contribution in [0.15, 0.2) is 0 Å². The van der Waals surface area contributed by atoms with Gasteiger partial charge in [-0.1, -0.05) is 54.9 Å². The SMILES string of the molecule is CC(C)(C)CC(C)(C)CCC(C)(C)[SiH3]. The van der Waals surface area contributed by atoms with E-state index in [0.29, 0.717) is 15.9 Å². The molecule has 0 bridgehead atoms. The molecular formula is C13H30Si. The first kappa shape index (κ1) is 14.2. The summed E-state index contributed by atoms with van der Waals surface area (Å²) < 4.78 is 0. The van der Waals surface area contributed by atoms with Gasteiger partial charge in [-0.3, -0.25) is 0 Å². The highest BCUT2D eigenvalue weighted by Gasteiger charge is 2.26. The Bertz CT molecular complexity index is 167. The van der Waals surface area contributed by atoms with E-state index in [2.05, 4.69) is 48.5 Å². The van der Waals surface area contributed by atoms with Crippen molar-refractivity contribution in [2.24, 2.45) is 10.8 Å². The molecule has 0 unspecified atom stereocenters. The molecule has 0 aromatic heterocycles. The molecule has 0 N–H and O–H groups in total. The molecule has 14 heavy (non-hydrogen) atoms. The van der Waals surface area contributed by atoms with Crippen LogP contribution < -0.4 is 0 Å². The molecule has 0 saturated heterocycles. The van der Waals surface area contributed by atoms with Gasteiger partial charge < -0.3 is 0 Å². The second-order valence-corrected chi connectivity index (χ2v) is 10.7. The standard InChI is InChI=1S/C13H30Si/c1-11(2,3)10-12(4,5)8-9-13(6,7)14/h8-10H2,1-7,14H3. The Morgan fingerprint density at radius 3 is 1.50 bits per heavy atom. The summed E-state index contributed by atoms with van der Waals surface area (Å²) in [5, 5.41) is 0.620. The zero-order valence-electron chi connectivity index (χ0n) is 11.6. The van der Waals surface area contributed by atoms with Crippen LogP contribution in [-0.4, -0.2) is 10.2 Å². The van der Waals surface area contributed by atoms with E-state index < -0.39 is 0 Å². The van der Waals surface area contributed by atoms with Gasteiger partial charge in [-0.2, -0.15) is 0 Å². The van der Waals surface area contributed by atoms with Crippen LogP contribution in [0, 0.1) is 10.8 Å². The molecule has 1 heteroatoms. The van der Waals surface area contributed by atoms with Crippen LogP contribution in [0.3, 0.4) is 0 Å². The van der Waals surface area contributed by atoms with Crippen molar-refractivity contribution in [3.63, 3.8) is 0 Å². The average molecular weight is 214 g/mol. The van der Waals surface area contributed by atoms with Crippen LogP contribution in [-0.2, 0) is 0 Å². The summed E-state index contributed by atoms with van der Waals surface area (Å²) in [5.74, 6) is 0. The van der Waals surface area contributed by atoms with E-state index >= 15 is 0 Å². The van der Waals surface area contributed by atoms with Crippen molar-refractivity contribution in [1.82, 2.24) is 0 Å². The van der Waals surface area contributed by atoms with E-state index in [4.69, 9.17) is 0 Å². The highest BCUT2D eigenvalue weighted by atomic mass is 28.1. The molecule has 0 aliphatic heterocycles. The minimum atomic E-state index is 0.471. The van der Waals surface area contributed by atoms with Crippen LogP contribution in [0.5, 0.6) is 0 Å². The Hall–Kier alpha value is 0.217. The fourth-order valence-corrected chi connectivity index (χ4v) is 2.49. The van der Waals surface area contributed by atoms with Gasteiger partial charge in [0.25, 0.3) is 0 Å². The molecule has 0 saturated carbocycles. The molecule has 0 aliphatic rings. The maximum Gasteiger partial charge on any atom is 0.00994 e. The van der Waals surface area contributed by atoms with Gasteiger partial charge in [-0.25, -0.2) is 0 Å². The van der Waals surface area contributed by atoms with Crippen molar-refractivity contribution in [1.29, 1.82) is 0 Å². The molecule has 0 atom stereocenters. The number of rotatable bonds is 4. The Labute approximate surface area is 94.3 Å². The van der Waals surface area contributed by atoms with Crippen LogP contribution in [0.1, 0.15) is 67.7 Å². The first-order valence-electron chi connectivity index (χ1n) is 5.91. The molecular weight excluding hydrogens is 184 g/mol. The van der Waals surface area contributed by atoms with Crippen molar-refractivity contribution in [2.45, 2.75) is 72.8 Å². The fourth-order valence-electron chi connectivity index (χ4n) is 2.24. The summed E-state index contributed by atoms with van der Waals surface area (Å²) >= 11 is 0. The second kappa shape index (κ2) is 4.38. The van der Waals surface area contributed by atoms with Crippen LogP contribution >= 0.6 is 0 Å². The zero-order valence-corrected chi connectivity index (χ0v) is 13.6. The molecule has 0 radical (unpaired) electrons. The Kier molecular flexibility index (Phi) is 4.45. The normalized spacial score (nSPS) is 14.8. The van der Waals surface area contributed by atoms with E-state index in [9.17, 15) is 0 Å².